The molecule has 2 rings (SSSR count). The van der Waals surface area contributed by atoms with Gasteiger partial charge in [0.25, 0.3) is 0 Å². The normalized spacial score (nSPS) is 26.5. The largest absolute Gasteiger partial charge is 0.347 e. The van der Waals surface area contributed by atoms with Crippen LogP contribution < -0.4 is 10.6 Å². The molecule has 3 nitrogen and oxygen atoms in total. The van der Waals surface area contributed by atoms with Gasteiger partial charge in [0.15, 0.2) is 0 Å². The lowest BCUT2D eigenvalue weighted by Gasteiger charge is -2.43. The van der Waals surface area contributed by atoms with Crippen molar-refractivity contribution in [1.29, 1.82) is 0 Å². The first-order chi connectivity index (χ1) is 11.8. The smallest absolute Gasteiger partial charge is 0.224 e. The van der Waals surface area contributed by atoms with Crippen LogP contribution in [0.2, 0.25) is 0 Å². The van der Waals surface area contributed by atoms with Crippen LogP contribution in [0.15, 0.2) is 47.6 Å². The highest BCUT2D eigenvalue weighted by Crippen LogP contribution is 2.40. The maximum absolute atomic E-state index is 12.8. The summed E-state index contributed by atoms with van der Waals surface area (Å²) in [5, 5.41) is 6.49. The Morgan fingerprint density at radius 3 is 2.70 bits per heavy atom. The van der Waals surface area contributed by atoms with E-state index in [1.807, 2.05) is 7.05 Å². The minimum Gasteiger partial charge on any atom is -0.347 e. The van der Waals surface area contributed by atoms with E-state index in [-0.39, 0.29) is 34.6 Å². The van der Waals surface area contributed by atoms with Gasteiger partial charge in [0.2, 0.25) is 5.91 Å². The number of nitrogens with one attached hydrogen (secondary N) is 2. The van der Waals surface area contributed by atoms with Crippen LogP contribution in [0.5, 0.6) is 0 Å². The summed E-state index contributed by atoms with van der Waals surface area (Å²) in [5.74, 6) is 1.27. The van der Waals surface area contributed by atoms with Gasteiger partial charge in [-0.25, -0.2) is 0 Å². The minimum absolute atomic E-state index is 0. The van der Waals surface area contributed by atoms with Gasteiger partial charge in [-0.05, 0) is 76.6 Å². The molecule has 1 amide bonds. The Morgan fingerprint density at radius 2 is 2.07 bits per heavy atom. The molecule has 1 fully saturated rings. The molecule has 3 atom stereocenters. The number of carbonyl (C=O) groups is 1. The zero-order valence-electron chi connectivity index (χ0n) is 17.0. The molecule has 0 aromatic carbocycles. The van der Waals surface area contributed by atoms with Crippen LogP contribution in [0, 0.1) is 17.8 Å². The summed E-state index contributed by atoms with van der Waals surface area (Å²) < 4.78 is 0. The Labute approximate surface area is 170 Å². The van der Waals surface area contributed by atoms with Crippen LogP contribution in [0.3, 0.4) is 0 Å². The summed E-state index contributed by atoms with van der Waals surface area (Å²) in [5.41, 5.74) is 2.17. The fourth-order valence-corrected chi connectivity index (χ4v) is 3.74. The number of hydrogen-bond acceptors (Lipinski definition) is 2. The lowest BCUT2D eigenvalue weighted by atomic mass is 9.65. The van der Waals surface area contributed by atoms with E-state index in [1.54, 1.807) is 0 Å². The van der Waals surface area contributed by atoms with Crippen LogP contribution >= 0.6 is 0 Å². The lowest BCUT2D eigenvalue weighted by molar-refractivity contribution is -0.135. The van der Waals surface area contributed by atoms with Crippen molar-refractivity contribution < 1.29 is 6.22 Å². The molecule has 151 valence electrons. The molecule has 2 N–H and O–H groups in total. The monoisotopic (exact) mass is 371 g/mol. The van der Waals surface area contributed by atoms with E-state index in [1.165, 1.54) is 11.1 Å². The predicted molar refractivity (Wildman–Crippen MR) is 121 cm³/mol. The molecule has 0 bridgehead atoms. The maximum atomic E-state index is 12.8. The van der Waals surface area contributed by atoms with Crippen molar-refractivity contribution in [3.63, 3.8) is 0 Å². The highest BCUT2D eigenvalue weighted by Gasteiger charge is 2.43. The van der Waals surface area contributed by atoms with Crippen molar-refractivity contribution in [2.24, 2.45) is 17.8 Å². The van der Waals surface area contributed by atoms with E-state index < -0.39 is 0 Å². The van der Waals surface area contributed by atoms with Gasteiger partial charge in [-0.2, -0.15) is 0 Å². The highest BCUT2D eigenvalue weighted by atomic mass is 16.2. The first-order valence-electron chi connectivity index (χ1n) is 9.53. The van der Waals surface area contributed by atoms with E-state index in [0.29, 0.717) is 11.8 Å². The summed E-state index contributed by atoms with van der Waals surface area (Å²) in [6.07, 6.45) is 16.2. The standard InChI is InChI=1S/C22H34N2O.CH4.B.H2/c1-16-14-19(15-23-5)20(16)21(25)24-22(3,4)17(2)12-13-18-10-8-6-7-9-11-18;;;/h6-8,10,12-13,16,19-20,23H,9,11,14-15H2,1-5H3,(H,24,25);1H4;;1H/b17-12+,18-13-;;;/t16?,19?,20-;;;/m0.../s1. The third kappa shape index (κ3) is 6.84. The average molecular weight is 371 g/mol. The number of rotatable bonds is 6. The number of allylic oxidation sites excluding steroid dienone is 7. The molecule has 1 saturated carbocycles. The molecule has 0 saturated heterocycles. The van der Waals surface area contributed by atoms with E-state index in [9.17, 15) is 4.79 Å². The number of amides is 1. The van der Waals surface area contributed by atoms with Crippen LogP contribution in [-0.4, -0.2) is 33.5 Å². The van der Waals surface area contributed by atoms with Crippen molar-refractivity contribution in [2.75, 3.05) is 13.6 Å². The van der Waals surface area contributed by atoms with Gasteiger partial charge in [0, 0.05) is 15.8 Å². The molecule has 2 unspecified atom stereocenters. The SMILES string of the molecule is C.CNCC1CC(C)[C@@H]1C(=O)NC(C)(C)/C(C)=C/C=C1/C=CC=CCC1.[B].[HH]. The molecule has 0 aromatic rings. The molecule has 0 spiro atoms. The molecule has 2 aliphatic rings. The Bertz CT molecular complexity index is 606. The fraction of sp³-hybridized carbons (Fsp3) is 0.609. The van der Waals surface area contributed by atoms with Gasteiger partial charge in [0.05, 0.1) is 5.54 Å². The molecule has 27 heavy (non-hydrogen) atoms. The Balaban J connectivity index is 0. The van der Waals surface area contributed by atoms with E-state index in [2.05, 4.69) is 74.8 Å². The second kappa shape index (κ2) is 11.3. The summed E-state index contributed by atoms with van der Waals surface area (Å²) in [6, 6.07) is 0. The van der Waals surface area contributed by atoms with Gasteiger partial charge in [0.1, 0.15) is 0 Å². The molecule has 3 radical (unpaired) electrons. The van der Waals surface area contributed by atoms with E-state index in [0.717, 1.165) is 25.8 Å². The van der Waals surface area contributed by atoms with Gasteiger partial charge >= 0.3 is 0 Å². The molecule has 0 aliphatic heterocycles. The number of carbonyl (C=O) groups excluding carboxylic acids is 1. The molecular formula is C23H40BN2O. The number of hydrogen-bond donors (Lipinski definition) is 2. The van der Waals surface area contributed by atoms with Crippen molar-refractivity contribution in [3.05, 3.63) is 47.6 Å². The first kappa shape index (κ1) is 25.5. The third-order valence-electron chi connectivity index (χ3n) is 5.69. The predicted octanol–water partition coefficient (Wildman–Crippen LogP) is 4.65. The second-order valence-corrected chi connectivity index (χ2v) is 8.09. The Kier molecular flexibility index (Phi) is 10.7. The van der Waals surface area contributed by atoms with E-state index in [4.69, 9.17) is 0 Å². The van der Waals surface area contributed by atoms with Crippen LogP contribution in [-0.2, 0) is 4.79 Å². The van der Waals surface area contributed by atoms with Crippen molar-refractivity contribution in [3.8, 4) is 0 Å². The van der Waals surface area contributed by atoms with Gasteiger partial charge in [-0.15, -0.1) is 0 Å². The van der Waals surface area contributed by atoms with Gasteiger partial charge in [-0.3, -0.25) is 4.79 Å². The molecule has 0 aromatic heterocycles. The Hall–Kier alpha value is -1.55. The molecule has 0 heterocycles. The van der Waals surface area contributed by atoms with Crippen molar-refractivity contribution in [2.45, 2.75) is 59.9 Å². The van der Waals surface area contributed by atoms with Crippen molar-refractivity contribution in [1.82, 2.24) is 10.6 Å². The van der Waals surface area contributed by atoms with Crippen molar-refractivity contribution >= 4 is 14.3 Å². The minimum atomic E-state index is -0.333. The summed E-state index contributed by atoms with van der Waals surface area (Å²) in [7, 11) is 1.96. The third-order valence-corrected chi connectivity index (χ3v) is 5.69. The zero-order valence-corrected chi connectivity index (χ0v) is 17.0. The summed E-state index contributed by atoms with van der Waals surface area (Å²) >= 11 is 0. The molecule has 4 heteroatoms. The summed E-state index contributed by atoms with van der Waals surface area (Å²) in [6.45, 7) is 9.39. The first-order valence-corrected chi connectivity index (χ1v) is 9.53. The van der Waals surface area contributed by atoms with E-state index >= 15 is 0 Å². The van der Waals surface area contributed by atoms with Crippen LogP contribution in [0.4, 0.5) is 0 Å². The highest BCUT2D eigenvalue weighted by molar-refractivity contribution is 5.81. The Morgan fingerprint density at radius 1 is 1.37 bits per heavy atom. The molecular weight excluding hydrogens is 331 g/mol. The fourth-order valence-electron chi connectivity index (χ4n) is 3.74. The summed E-state index contributed by atoms with van der Waals surface area (Å²) in [4.78, 5) is 12.8. The quantitative estimate of drug-likeness (QED) is 0.667. The van der Waals surface area contributed by atoms with Crippen LogP contribution in [0.1, 0.15) is 55.8 Å². The average Bonchev–Trinajstić information content (AvgIpc) is 2.80. The lowest BCUT2D eigenvalue weighted by Crippen LogP contribution is -2.54. The van der Waals surface area contributed by atoms with Gasteiger partial charge in [-0.1, -0.05) is 50.8 Å². The zero-order chi connectivity index (χ0) is 18.4. The van der Waals surface area contributed by atoms with Gasteiger partial charge < -0.3 is 10.6 Å². The topological polar surface area (TPSA) is 41.1 Å². The maximum Gasteiger partial charge on any atom is 0.224 e. The molecule has 2 aliphatic carbocycles. The van der Waals surface area contributed by atoms with Crippen LogP contribution in [0.25, 0.3) is 0 Å². The second-order valence-electron chi connectivity index (χ2n) is 8.09.